The molecule has 0 amide bonds. The number of carbonyl (C=O) groups is 1. The molecule has 2 unspecified atom stereocenters. The predicted molar refractivity (Wildman–Crippen MR) is 53.7 cm³/mol. The SMILES string of the molecule is O=C(O)CCS(=O)CCC1CCCO1. The van der Waals surface area contributed by atoms with Gasteiger partial charge >= 0.3 is 5.97 Å². The summed E-state index contributed by atoms with van der Waals surface area (Å²) in [5, 5.41) is 8.38. The highest BCUT2D eigenvalue weighted by molar-refractivity contribution is 7.84. The van der Waals surface area contributed by atoms with E-state index in [0.29, 0.717) is 5.75 Å². The molecule has 14 heavy (non-hydrogen) atoms. The van der Waals surface area contributed by atoms with Crippen molar-refractivity contribution in [1.82, 2.24) is 0 Å². The minimum Gasteiger partial charge on any atom is -0.481 e. The first kappa shape index (κ1) is 11.7. The largest absolute Gasteiger partial charge is 0.481 e. The van der Waals surface area contributed by atoms with Crippen LogP contribution in [0.25, 0.3) is 0 Å². The monoisotopic (exact) mass is 220 g/mol. The van der Waals surface area contributed by atoms with Crippen LogP contribution in [0.3, 0.4) is 0 Å². The Morgan fingerprint density at radius 3 is 2.86 bits per heavy atom. The molecule has 1 heterocycles. The summed E-state index contributed by atoms with van der Waals surface area (Å²) in [6, 6.07) is 0. The van der Waals surface area contributed by atoms with E-state index in [1.54, 1.807) is 0 Å². The second-order valence-electron chi connectivity index (χ2n) is 3.42. The quantitative estimate of drug-likeness (QED) is 0.718. The Kier molecular flexibility index (Phi) is 5.11. The molecule has 0 spiro atoms. The molecule has 1 aliphatic heterocycles. The maximum atomic E-state index is 11.3. The fourth-order valence-electron chi connectivity index (χ4n) is 1.44. The first-order valence-corrected chi connectivity index (χ1v) is 6.35. The maximum Gasteiger partial charge on any atom is 0.304 e. The number of carboxylic acids is 1. The van der Waals surface area contributed by atoms with Gasteiger partial charge in [0, 0.05) is 28.9 Å². The molecule has 0 aromatic carbocycles. The van der Waals surface area contributed by atoms with Gasteiger partial charge in [0.05, 0.1) is 12.5 Å². The van der Waals surface area contributed by atoms with Crippen molar-refractivity contribution in [3.05, 3.63) is 0 Å². The Balaban J connectivity index is 2.05. The number of carboxylic acid groups (broad SMARTS) is 1. The van der Waals surface area contributed by atoms with Gasteiger partial charge < -0.3 is 9.84 Å². The lowest BCUT2D eigenvalue weighted by Gasteiger charge is -2.07. The summed E-state index contributed by atoms with van der Waals surface area (Å²) < 4.78 is 16.7. The number of hydrogen-bond donors (Lipinski definition) is 1. The van der Waals surface area contributed by atoms with Crippen molar-refractivity contribution >= 4 is 16.8 Å². The molecular formula is C9H16O4S. The molecule has 4 nitrogen and oxygen atoms in total. The van der Waals surface area contributed by atoms with Crippen molar-refractivity contribution in [2.24, 2.45) is 0 Å². The highest BCUT2D eigenvalue weighted by Gasteiger charge is 2.16. The van der Waals surface area contributed by atoms with E-state index in [2.05, 4.69) is 0 Å². The summed E-state index contributed by atoms with van der Waals surface area (Å²) in [6.45, 7) is 0.812. The molecule has 0 aromatic rings. The van der Waals surface area contributed by atoms with Crippen LogP contribution in [0, 0.1) is 0 Å². The van der Waals surface area contributed by atoms with Crippen LogP contribution in [0.2, 0.25) is 0 Å². The fourth-order valence-corrected chi connectivity index (χ4v) is 2.57. The summed E-state index contributed by atoms with van der Waals surface area (Å²) in [5.74, 6) is -0.0459. The van der Waals surface area contributed by atoms with E-state index in [4.69, 9.17) is 9.84 Å². The average Bonchev–Trinajstić information content (AvgIpc) is 2.63. The lowest BCUT2D eigenvalue weighted by molar-refractivity contribution is -0.136. The van der Waals surface area contributed by atoms with Gasteiger partial charge in [-0.1, -0.05) is 0 Å². The average molecular weight is 220 g/mol. The maximum absolute atomic E-state index is 11.3. The summed E-state index contributed by atoms with van der Waals surface area (Å²) in [6.07, 6.45) is 3.19. The molecule has 82 valence electrons. The molecular weight excluding hydrogens is 204 g/mol. The Bertz CT molecular complexity index is 211. The lowest BCUT2D eigenvalue weighted by Crippen LogP contribution is -2.13. The Hall–Kier alpha value is -0.420. The first-order chi connectivity index (χ1) is 6.68. The molecule has 1 saturated heterocycles. The summed E-state index contributed by atoms with van der Waals surface area (Å²) in [7, 11) is -0.997. The molecule has 1 aliphatic rings. The second-order valence-corrected chi connectivity index (χ2v) is 5.11. The molecule has 0 aromatic heterocycles. The van der Waals surface area contributed by atoms with Crippen molar-refractivity contribution in [1.29, 1.82) is 0 Å². The molecule has 0 bridgehead atoms. The van der Waals surface area contributed by atoms with Crippen LogP contribution in [-0.2, 0) is 20.3 Å². The third kappa shape index (κ3) is 4.72. The van der Waals surface area contributed by atoms with Gasteiger partial charge in [0.1, 0.15) is 0 Å². The molecule has 1 rings (SSSR count). The Labute approximate surface area is 86.1 Å². The lowest BCUT2D eigenvalue weighted by atomic mass is 10.2. The minimum atomic E-state index is -0.997. The Morgan fingerprint density at radius 2 is 2.29 bits per heavy atom. The van der Waals surface area contributed by atoms with E-state index in [1.807, 2.05) is 0 Å². The van der Waals surface area contributed by atoms with Gasteiger partial charge in [0.25, 0.3) is 0 Å². The standard InChI is InChI=1S/C9H16O4S/c10-9(11)4-7-14(12)6-3-8-2-1-5-13-8/h8H,1-7H2,(H,10,11). The zero-order chi connectivity index (χ0) is 10.4. The number of hydrogen-bond acceptors (Lipinski definition) is 3. The van der Waals surface area contributed by atoms with Crippen molar-refractivity contribution in [3.8, 4) is 0 Å². The van der Waals surface area contributed by atoms with Gasteiger partial charge in [-0.05, 0) is 19.3 Å². The van der Waals surface area contributed by atoms with E-state index in [9.17, 15) is 9.00 Å². The third-order valence-electron chi connectivity index (χ3n) is 2.24. The van der Waals surface area contributed by atoms with Gasteiger partial charge in [-0.3, -0.25) is 9.00 Å². The topological polar surface area (TPSA) is 63.6 Å². The van der Waals surface area contributed by atoms with Crippen LogP contribution in [0.1, 0.15) is 25.7 Å². The molecule has 1 N–H and O–H groups in total. The van der Waals surface area contributed by atoms with Crippen molar-refractivity contribution in [3.63, 3.8) is 0 Å². The number of rotatable bonds is 6. The van der Waals surface area contributed by atoms with Gasteiger partial charge in [0.2, 0.25) is 0 Å². The van der Waals surface area contributed by atoms with Crippen LogP contribution in [0.5, 0.6) is 0 Å². The van der Waals surface area contributed by atoms with Crippen LogP contribution in [0.15, 0.2) is 0 Å². The normalized spacial score (nSPS) is 23.6. The van der Waals surface area contributed by atoms with Crippen LogP contribution in [-0.4, -0.2) is 39.5 Å². The predicted octanol–water partition coefficient (Wildman–Crippen LogP) is 0.779. The van der Waals surface area contributed by atoms with E-state index in [-0.39, 0.29) is 18.3 Å². The molecule has 1 fully saturated rings. The van der Waals surface area contributed by atoms with Crippen LogP contribution >= 0.6 is 0 Å². The van der Waals surface area contributed by atoms with Gasteiger partial charge in [-0.2, -0.15) is 0 Å². The van der Waals surface area contributed by atoms with Gasteiger partial charge in [-0.25, -0.2) is 0 Å². The van der Waals surface area contributed by atoms with Gasteiger partial charge in [-0.15, -0.1) is 0 Å². The van der Waals surface area contributed by atoms with E-state index in [1.165, 1.54) is 0 Å². The van der Waals surface area contributed by atoms with E-state index in [0.717, 1.165) is 25.9 Å². The zero-order valence-electron chi connectivity index (χ0n) is 8.11. The molecule has 0 aliphatic carbocycles. The summed E-state index contributed by atoms with van der Waals surface area (Å²) in [5.41, 5.74) is 0. The molecule has 0 saturated carbocycles. The van der Waals surface area contributed by atoms with Crippen molar-refractivity contribution in [2.45, 2.75) is 31.8 Å². The fraction of sp³-hybridized carbons (Fsp3) is 0.889. The van der Waals surface area contributed by atoms with E-state index < -0.39 is 16.8 Å². The first-order valence-electron chi connectivity index (χ1n) is 4.87. The highest BCUT2D eigenvalue weighted by atomic mass is 32.2. The van der Waals surface area contributed by atoms with Crippen molar-refractivity contribution in [2.75, 3.05) is 18.1 Å². The molecule has 5 heteroatoms. The number of ether oxygens (including phenoxy) is 1. The summed E-state index contributed by atoms with van der Waals surface area (Å²) >= 11 is 0. The van der Waals surface area contributed by atoms with Gasteiger partial charge in [0.15, 0.2) is 0 Å². The van der Waals surface area contributed by atoms with E-state index >= 15 is 0 Å². The van der Waals surface area contributed by atoms with Crippen molar-refractivity contribution < 1.29 is 18.8 Å². The Morgan fingerprint density at radius 1 is 1.50 bits per heavy atom. The molecule has 2 atom stereocenters. The third-order valence-corrected chi connectivity index (χ3v) is 3.59. The van der Waals surface area contributed by atoms with Crippen LogP contribution in [0.4, 0.5) is 0 Å². The minimum absolute atomic E-state index is 0.00185. The van der Waals surface area contributed by atoms with Crippen LogP contribution < -0.4 is 0 Å². The highest BCUT2D eigenvalue weighted by Crippen LogP contribution is 2.15. The summed E-state index contributed by atoms with van der Waals surface area (Å²) in [4.78, 5) is 10.2. The number of aliphatic carboxylic acids is 1. The zero-order valence-corrected chi connectivity index (χ0v) is 8.92. The second kappa shape index (κ2) is 6.14. The smallest absolute Gasteiger partial charge is 0.304 e. The molecule has 0 radical (unpaired) electrons.